The summed E-state index contributed by atoms with van der Waals surface area (Å²) < 4.78 is 10.5. The van der Waals surface area contributed by atoms with Gasteiger partial charge in [-0.25, -0.2) is 9.97 Å². The van der Waals surface area contributed by atoms with Gasteiger partial charge in [-0.1, -0.05) is 18.2 Å². The Labute approximate surface area is 156 Å². The number of aromatic nitrogens is 3. The highest BCUT2D eigenvalue weighted by Gasteiger charge is 2.20. The fourth-order valence-electron chi connectivity index (χ4n) is 2.96. The van der Waals surface area contributed by atoms with Gasteiger partial charge in [-0.15, -0.1) is 0 Å². The quantitative estimate of drug-likeness (QED) is 0.703. The first-order chi connectivity index (χ1) is 12.8. The Kier molecular flexibility index (Phi) is 5.08. The Morgan fingerprint density at radius 1 is 1.19 bits per heavy atom. The zero-order chi connectivity index (χ0) is 17.8. The molecule has 26 heavy (non-hydrogen) atoms. The van der Waals surface area contributed by atoms with Crippen LogP contribution in [0.3, 0.4) is 0 Å². The van der Waals surface area contributed by atoms with Crippen LogP contribution in [0.5, 0.6) is 11.5 Å². The van der Waals surface area contributed by atoms with Gasteiger partial charge in [0.05, 0.1) is 0 Å². The number of anilines is 2. The second-order valence-corrected chi connectivity index (χ2v) is 7.13. The van der Waals surface area contributed by atoms with Gasteiger partial charge in [-0.3, -0.25) is 0 Å². The maximum Gasteiger partial charge on any atom is 0.208 e. The van der Waals surface area contributed by atoms with Crippen LogP contribution >= 0.6 is 11.5 Å². The SMILES string of the molecule is Cc1cnc(Nc2nc(C3CCNCC3)ns2)c(Oc2ccccc2)c1. The van der Waals surface area contributed by atoms with Crippen molar-refractivity contribution >= 4 is 22.5 Å². The minimum absolute atomic E-state index is 0.439. The van der Waals surface area contributed by atoms with Crippen LogP contribution in [0.4, 0.5) is 10.9 Å². The number of nitrogens with zero attached hydrogens (tertiary/aromatic N) is 3. The number of hydrogen-bond acceptors (Lipinski definition) is 7. The van der Waals surface area contributed by atoms with Gasteiger partial charge in [-0.2, -0.15) is 4.37 Å². The molecule has 2 N–H and O–H groups in total. The van der Waals surface area contributed by atoms with Gasteiger partial charge in [0.25, 0.3) is 0 Å². The van der Waals surface area contributed by atoms with Crippen molar-refractivity contribution in [2.24, 2.45) is 0 Å². The van der Waals surface area contributed by atoms with Crippen LogP contribution < -0.4 is 15.4 Å². The van der Waals surface area contributed by atoms with Gasteiger partial charge in [-0.05, 0) is 56.6 Å². The summed E-state index contributed by atoms with van der Waals surface area (Å²) in [6, 6.07) is 11.7. The molecule has 0 saturated carbocycles. The molecule has 1 aromatic carbocycles. The van der Waals surface area contributed by atoms with Crippen molar-refractivity contribution in [2.45, 2.75) is 25.7 Å². The Balaban J connectivity index is 1.53. The Bertz CT molecular complexity index is 861. The van der Waals surface area contributed by atoms with Crippen LogP contribution in [0.2, 0.25) is 0 Å². The molecule has 1 aliphatic heterocycles. The Morgan fingerprint density at radius 2 is 2.00 bits per heavy atom. The van der Waals surface area contributed by atoms with E-state index in [0.29, 0.717) is 17.5 Å². The topological polar surface area (TPSA) is 72.0 Å². The minimum Gasteiger partial charge on any atom is -0.453 e. The summed E-state index contributed by atoms with van der Waals surface area (Å²) in [6.07, 6.45) is 3.98. The second kappa shape index (κ2) is 7.80. The third kappa shape index (κ3) is 4.00. The fraction of sp³-hybridized carbons (Fsp3) is 0.316. The van der Waals surface area contributed by atoms with Crippen LogP contribution in [0.25, 0.3) is 0 Å². The van der Waals surface area contributed by atoms with E-state index in [0.717, 1.165) is 48.2 Å². The van der Waals surface area contributed by atoms with E-state index in [2.05, 4.69) is 25.0 Å². The number of hydrogen-bond donors (Lipinski definition) is 2. The molecule has 0 unspecified atom stereocenters. The number of para-hydroxylation sites is 1. The van der Waals surface area contributed by atoms with Crippen molar-refractivity contribution in [3.63, 3.8) is 0 Å². The maximum absolute atomic E-state index is 6.01. The van der Waals surface area contributed by atoms with Crippen LogP contribution in [0.1, 0.15) is 30.1 Å². The normalized spacial score (nSPS) is 15.0. The molecule has 6 nitrogen and oxygen atoms in total. The monoisotopic (exact) mass is 367 g/mol. The smallest absolute Gasteiger partial charge is 0.208 e. The van der Waals surface area contributed by atoms with Crippen LogP contribution in [0, 0.1) is 6.92 Å². The van der Waals surface area contributed by atoms with E-state index in [4.69, 9.17) is 4.74 Å². The first-order valence-corrected chi connectivity index (χ1v) is 9.56. The van der Waals surface area contributed by atoms with Gasteiger partial charge < -0.3 is 15.4 Å². The predicted molar refractivity (Wildman–Crippen MR) is 104 cm³/mol. The van der Waals surface area contributed by atoms with Crippen LogP contribution in [-0.4, -0.2) is 27.4 Å². The summed E-state index contributed by atoms with van der Waals surface area (Å²) >= 11 is 1.37. The summed E-state index contributed by atoms with van der Waals surface area (Å²) in [5, 5.41) is 7.39. The van der Waals surface area contributed by atoms with Crippen LogP contribution in [0.15, 0.2) is 42.6 Å². The summed E-state index contributed by atoms with van der Waals surface area (Å²) in [5.41, 5.74) is 1.04. The molecule has 3 heterocycles. The molecule has 7 heteroatoms. The van der Waals surface area contributed by atoms with E-state index in [1.165, 1.54) is 11.5 Å². The zero-order valence-corrected chi connectivity index (χ0v) is 15.4. The lowest BCUT2D eigenvalue weighted by Crippen LogP contribution is -2.27. The molecule has 0 spiro atoms. The number of ether oxygens (including phenoxy) is 1. The molecule has 0 radical (unpaired) electrons. The molecular weight excluding hydrogens is 346 g/mol. The van der Waals surface area contributed by atoms with Crippen molar-refractivity contribution in [3.05, 3.63) is 54.0 Å². The molecule has 4 rings (SSSR count). The number of rotatable bonds is 5. The van der Waals surface area contributed by atoms with Gasteiger partial charge in [0.2, 0.25) is 5.13 Å². The lowest BCUT2D eigenvalue weighted by molar-refractivity contribution is 0.448. The number of nitrogens with one attached hydrogen (secondary N) is 2. The molecular formula is C19H21N5OS. The zero-order valence-electron chi connectivity index (χ0n) is 14.6. The molecule has 3 aromatic rings. The fourth-order valence-corrected chi connectivity index (χ4v) is 3.61. The highest BCUT2D eigenvalue weighted by Crippen LogP contribution is 2.32. The summed E-state index contributed by atoms with van der Waals surface area (Å²) in [7, 11) is 0. The number of piperidine rings is 1. The number of aryl methyl sites for hydroxylation is 1. The van der Waals surface area contributed by atoms with Crippen molar-refractivity contribution in [1.82, 2.24) is 19.7 Å². The van der Waals surface area contributed by atoms with Crippen molar-refractivity contribution in [3.8, 4) is 11.5 Å². The summed E-state index contributed by atoms with van der Waals surface area (Å²) in [5.74, 6) is 3.46. The second-order valence-electron chi connectivity index (χ2n) is 6.38. The first-order valence-electron chi connectivity index (χ1n) is 8.79. The standard InChI is InChI=1S/C19H21N5OS/c1-13-11-16(25-15-5-3-2-4-6-15)18(21-12-13)23-19-22-17(24-26-19)14-7-9-20-10-8-14/h2-6,11-12,14,20H,7-10H2,1H3,(H,21,22,23,24). The van der Waals surface area contributed by atoms with Gasteiger partial charge in [0, 0.05) is 23.6 Å². The van der Waals surface area contributed by atoms with Crippen molar-refractivity contribution < 1.29 is 4.74 Å². The number of pyridine rings is 1. The molecule has 0 amide bonds. The van der Waals surface area contributed by atoms with Crippen LogP contribution in [-0.2, 0) is 0 Å². The summed E-state index contributed by atoms with van der Waals surface area (Å²) in [4.78, 5) is 9.16. The van der Waals surface area contributed by atoms with E-state index < -0.39 is 0 Å². The summed E-state index contributed by atoms with van der Waals surface area (Å²) in [6.45, 7) is 4.05. The first kappa shape index (κ1) is 16.9. The molecule has 1 fully saturated rings. The number of benzene rings is 1. The molecule has 0 atom stereocenters. The van der Waals surface area contributed by atoms with E-state index in [1.54, 1.807) is 0 Å². The lowest BCUT2D eigenvalue weighted by Gasteiger charge is -2.19. The average Bonchev–Trinajstić information content (AvgIpc) is 3.14. The molecule has 0 bridgehead atoms. The Hall–Kier alpha value is -2.51. The van der Waals surface area contributed by atoms with E-state index in [1.807, 2.05) is 49.5 Å². The lowest BCUT2D eigenvalue weighted by atomic mass is 9.98. The van der Waals surface area contributed by atoms with Crippen molar-refractivity contribution in [1.29, 1.82) is 0 Å². The van der Waals surface area contributed by atoms with Gasteiger partial charge in [0.1, 0.15) is 11.6 Å². The third-order valence-electron chi connectivity index (χ3n) is 4.33. The third-order valence-corrected chi connectivity index (χ3v) is 4.98. The molecule has 2 aromatic heterocycles. The minimum atomic E-state index is 0.439. The highest BCUT2D eigenvalue weighted by molar-refractivity contribution is 7.09. The molecule has 1 aliphatic rings. The molecule has 134 valence electrons. The largest absolute Gasteiger partial charge is 0.453 e. The maximum atomic E-state index is 6.01. The van der Waals surface area contributed by atoms with Gasteiger partial charge >= 0.3 is 0 Å². The van der Waals surface area contributed by atoms with Gasteiger partial charge in [0.15, 0.2) is 11.6 Å². The van der Waals surface area contributed by atoms with E-state index >= 15 is 0 Å². The molecule has 0 aliphatic carbocycles. The predicted octanol–water partition coefficient (Wildman–Crippen LogP) is 4.24. The average molecular weight is 367 g/mol. The van der Waals surface area contributed by atoms with E-state index in [-0.39, 0.29) is 0 Å². The van der Waals surface area contributed by atoms with E-state index in [9.17, 15) is 0 Å². The highest BCUT2D eigenvalue weighted by atomic mass is 32.1. The van der Waals surface area contributed by atoms with Crippen molar-refractivity contribution in [2.75, 3.05) is 18.4 Å². The molecule has 1 saturated heterocycles. The Morgan fingerprint density at radius 3 is 2.81 bits per heavy atom.